The van der Waals surface area contributed by atoms with Crippen molar-refractivity contribution in [2.24, 2.45) is 12.0 Å². The van der Waals surface area contributed by atoms with E-state index in [2.05, 4.69) is 9.98 Å². The lowest BCUT2D eigenvalue weighted by molar-refractivity contribution is 0.432. The molecule has 0 bridgehead atoms. The Labute approximate surface area is 188 Å². The molecule has 0 aliphatic rings. The van der Waals surface area contributed by atoms with E-state index in [0.717, 1.165) is 5.56 Å². The summed E-state index contributed by atoms with van der Waals surface area (Å²) in [6, 6.07) is 16.5. The fraction of sp³-hybridized carbons (Fsp3) is 0.130. The van der Waals surface area contributed by atoms with Crippen LogP contribution in [-0.2, 0) is 7.05 Å². The summed E-state index contributed by atoms with van der Waals surface area (Å²) >= 11 is 5.25. The molecule has 2 N–H and O–H groups in total. The molecule has 4 aromatic rings. The van der Waals surface area contributed by atoms with Gasteiger partial charge in [0.1, 0.15) is 5.56 Å². The first kappa shape index (κ1) is 21.3. The number of nitrogens with one attached hydrogen (secondary N) is 1. The average Bonchev–Trinajstić information content (AvgIpc) is 2.97. The number of aromatic hydroxyl groups is 1. The van der Waals surface area contributed by atoms with Gasteiger partial charge in [-0.25, -0.2) is 9.67 Å². The lowest BCUT2D eigenvalue weighted by Crippen LogP contribution is -2.19. The topological polar surface area (TPSA) is 97.3 Å². The van der Waals surface area contributed by atoms with Gasteiger partial charge in [0.05, 0.1) is 17.1 Å². The quantitative estimate of drug-likeness (QED) is 0.370. The molecule has 2 aromatic heterocycles. The molecule has 32 heavy (non-hydrogen) atoms. The number of aromatic amines is 1. The molecule has 2 heterocycles. The summed E-state index contributed by atoms with van der Waals surface area (Å²) in [7, 11) is 1.75. The van der Waals surface area contributed by atoms with Gasteiger partial charge < -0.3 is 5.11 Å². The van der Waals surface area contributed by atoms with Crippen LogP contribution in [0.4, 0.5) is 5.69 Å². The number of H-pyrrole nitrogens is 1. The van der Waals surface area contributed by atoms with Gasteiger partial charge in [0, 0.05) is 13.3 Å². The molecule has 0 unspecified atom stereocenters. The molecule has 0 radical (unpaired) electrons. The van der Waals surface area contributed by atoms with Crippen LogP contribution >= 0.6 is 12.2 Å². The van der Waals surface area contributed by atoms with E-state index in [4.69, 9.17) is 12.2 Å². The van der Waals surface area contributed by atoms with Gasteiger partial charge in [-0.3, -0.25) is 23.8 Å². The Morgan fingerprint density at radius 1 is 1.03 bits per heavy atom. The second-order valence-corrected chi connectivity index (χ2v) is 7.73. The Morgan fingerprint density at radius 2 is 1.72 bits per heavy atom. The zero-order valence-electron chi connectivity index (χ0n) is 17.7. The van der Waals surface area contributed by atoms with Gasteiger partial charge >= 0.3 is 0 Å². The molecule has 2 aromatic carbocycles. The summed E-state index contributed by atoms with van der Waals surface area (Å²) < 4.78 is 4.59. The molecule has 9 heteroatoms. The van der Waals surface area contributed by atoms with E-state index in [0.29, 0.717) is 17.1 Å². The molecule has 0 spiro atoms. The van der Waals surface area contributed by atoms with Crippen LogP contribution in [0.3, 0.4) is 0 Å². The van der Waals surface area contributed by atoms with E-state index < -0.39 is 5.56 Å². The van der Waals surface area contributed by atoms with Crippen molar-refractivity contribution in [2.45, 2.75) is 13.8 Å². The average molecular weight is 448 g/mol. The van der Waals surface area contributed by atoms with Gasteiger partial charge in [0.2, 0.25) is 5.88 Å². The summed E-state index contributed by atoms with van der Waals surface area (Å²) in [5.41, 5.74) is 1.99. The Kier molecular flexibility index (Phi) is 5.50. The third-order valence-corrected chi connectivity index (χ3v) is 5.51. The lowest BCUT2D eigenvalue weighted by Gasteiger charge is -2.11. The Hall–Kier alpha value is -3.98. The number of aliphatic imine (C=N–C) groups is 1. The van der Waals surface area contributed by atoms with Crippen molar-refractivity contribution in [2.75, 3.05) is 0 Å². The first-order chi connectivity index (χ1) is 15.3. The highest BCUT2D eigenvalue weighted by Gasteiger charge is 2.17. The number of para-hydroxylation sites is 1. The molecule has 8 nitrogen and oxygen atoms in total. The number of nitrogens with zero attached hydrogens (tertiary/aromatic N) is 4. The van der Waals surface area contributed by atoms with Crippen molar-refractivity contribution in [1.29, 1.82) is 0 Å². The number of aryl methyl sites for hydroxylation is 1. The van der Waals surface area contributed by atoms with Crippen LogP contribution in [-0.4, -0.2) is 30.2 Å². The molecule has 0 aliphatic heterocycles. The van der Waals surface area contributed by atoms with Crippen LogP contribution in [0.2, 0.25) is 0 Å². The summed E-state index contributed by atoms with van der Waals surface area (Å²) in [6.07, 6.45) is 1.19. The number of hydrogen-bond donors (Lipinski definition) is 2. The molecule has 4 rings (SSSR count). The number of aromatic nitrogens is 4. The minimum absolute atomic E-state index is 0.0533. The summed E-state index contributed by atoms with van der Waals surface area (Å²) in [4.78, 5) is 32.4. The predicted octanol–water partition coefficient (Wildman–Crippen LogP) is 3.46. The maximum absolute atomic E-state index is 13.0. The molecule has 0 amide bonds. The molecule has 162 valence electrons. The summed E-state index contributed by atoms with van der Waals surface area (Å²) in [5.74, 6) is -0.356. The van der Waals surface area contributed by atoms with Gasteiger partial charge in [-0.05, 0) is 55.9 Å². The van der Waals surface area contributed by atoms with Gasteiger partial charge in [-0.15, -0.1) is 0 Å². The third kappa shape index (κ3) is 3.63. The van der Waals surface area contributed by atoms with Crippen molar-refractivity contribution < 1.29 is 5.11 Å². The van der Waals surface area contributed by atoms with E-state index >= 15 is 0 Å². The largest absolute Gasteiger partial charge is 0.494 e. The number of benzene rings is 2. The minimum atomic E-state index is -0.600. The fourth-order valence-corrected chi connectivity index (χ4v) is 3.78. The van der Waals surface area contributed by atoms with Crippen LogP contribution in [0.5, 0.6) is 5.88 Å². The minimum Gasteiger partial charge on any atom is -0.494 e. The molecule has 0 fully saturated rings. The van der Waals surface area contributed by atoms with Gasteiger partial charge in [0.15, 0.2) is 10.5 Å². The Bertz CT molecular complexity index is 1520. The summed E-state index contributed by atoms with van der Waals surface area (Å²) in [5, 5.41) is 10.8. The first-order valence-corrected chi connectivity index (χ1v) is 10.2. The highest BCUT2D eigenvalue weighted by atomic mass is 32.1. The van der Waals surface area contributed by atoms with Crippen molar-refractivity contribution in [3.05, 3.63) is 96.9 Å². The molecule has 0 atom stereocenters. The van der Waals surface area contributed by atoms with Crippen LogP contribution in [0.15, 0.2) is 69.2 Å². The van der Waals surface area contributed by atoms with E-state index in [9.17, 15) is 14.7 Å². The van der Waals surface area contributed by atoms with Crippen molar-refractivity contribution >= 4 is 24.1 Å². The Morgan fingerprint density at radius 3 is 2.41 bits per heavy atom. The fourth-order valence-electron chi connectivity index (χ4n) is 3.49. The summed E-state index contributed by atoms with van der Waals surface area (Å²) in [6.45, 7) is 3.67. The predicted molar refractivity (Wildman–Crippen MR) is 127 cm³/mol. The zero-order valence-corrected chi connectivity index (χ0v) is 18.6. The SMILES string of the molecule is Cc1cccc(-n2c(O)c(C=Nc3c(C)n(C)n(-c4ccccc4)c3=O)c(=O)[nH]c2=S)c1. The zero-order chi connectivity index (χ0) is 23.0. The highest BCUT2D eigenvalue weighted by molar-refractivity contribution is 7.71. The lowest BCUT2D eigenvalue weighted by atomic mass is 10.2. The second kappa shape index (κ2) is 8.27. The van der Waals surface area contributed by atoms with Gasteiger partial charge in [-0.1, -0.05) is 30.3 Å². The molecular weight excluding hydrogens is 426 g/mol. The maximum Gasteiger partial charge on any atom is 0.297 e. The maximum atomic E-state index is 13.0. The van der Waals surface area contributed by atoms with Crippen LogP contribution < -0.4 is 11.1 Å². The van der Waals surface area contributed by atoms with E-state index in [-0.39, 0.29) is 27.5 Å². The molecule has 0 saturated carbocycles. The first-order valence-electron chi connectivity index (χ1n) is 9.83. The second-order valence-electron chi connectivity index (χ2n) is 7.34. The highest BCUT2D eigenvalue weighted by Crippen LogP contribution is 2.21. The number of rotatable bonds is 4. The van der Waals surface area contributed by atoms with Crippen LogP contribution in [0.25, 0.3) is 11.4 Å². The van der Waals surface area contributed by atoms with Crippen molar-refractivity contribution in [3.8, 4) is 17.3 Å². The smallest absolute Gasteiger partial charge is 0.297 e. The standard InChI is InChI=1S/C23H21N5O3S/c1-14-8-7-11-17(12-14)27-21(30)18(20(29)25-23(27)32)13-24-19-15(2)26(3)28(22(19)31)16-9-5-4-6-10-16/h4-13,30H,1-3H3,(H,25,29,32). The number of hydrogen-bond acceptors (Lipinski definition) is 5. The molecule has 0 saturated heterocycles. The van der Waals surface area contributed by atoms with E-state index in [1.165, 1.54) is 15.5 Å². The molecule has 0 aliphatic carbocycles. The van der Waals surface area contributed by atoms with E-state index in [1.807, 2.05) is 55.5 Å². The molecular formula is C23H21N5O3S. The van der Waals surface area contributed by atoms with E-state index in [1.54, 1.807) is 24.7 Å². The monoisotopic (exact) mass is 447 g/mol. The van der Waals surface area contributed by atoms with Crippen molar-refractivity contribution in [3.63, 3.8) is 0 Å². The van der Waals surface area contributed by atoms with Crippen molar-refractivity contribution in [1.82, 2.24) is 18.9 Å². The Balaban J connectivity index is 1.85. The third-order valence-electron chi connectivity index (χ3n) is 5.23. The van der Waals surface area contributed by atoms with Gasteiger partial charge in [-0.2, -0.15) is 0 Å². The van der Waals surface area contributed by atoms with Gasteiger partial charge in [0.25, 0.3) is 11.1 Å². The van der Waals surface area contributed by atoms with Crippen LogP contribution in [0.1, 0.15) is 16.8 Å². The normalized spacial score (nSPS) is 11.3. The van der Waals surface area contributed by atoms with Crippen LogP contribution in [0, 0.1) is 18.6 Å².